The van der Waals surface area contributed by atoms with Crippen molar-refractivity contribution in [3.05, 3.63) is 24.4 Å². The summed E-state index contributed by atoms with van der Waals surface area (Å²) < 4.78 is 11.0. The molecule has 3 N–H and O–H groups in total. The Bertz CT molecular complexity index is 484. The molecule has 1 atom stereocenters. The lowest BCUT2D eigenvalue weighted by Crippen LogP contribution is -2.38. The normalized spacial score (nSPS) is 16.8. The molecule has 26 heavy (non-hydrogen) atoms. The van der Waals surface area contributed by atoms with Gasteiger partial charge in [0.2, 0.25) is 0 Å². The van der Waals surface area contributed by atoms with E-state index in [1.807, 2.05) is 18.2 Å². The standard InChI is InChI=1S/C18H31N5O2.HI/c1-19-18(23-12-6-13-25-16-8-14-24-15-16)22-11-5-4-10-21-17-7-2-3-9-20-17;/h2-3,7,9,16H,4-6,8,10-15H2,1H3,(H,20,21)(H2,19,22,23);1H. The van der Waals surface area contributed by atoms with Crippen molar-refractivity contribution in [2.24, 2.45) is 4.99 Å². The molecule has 0 saturated carbocycles. The molecular weight excluding hydrogens is 445 g/mol. The second-order valence-corrected chi connectivity index (χ2v) is 5.98. The van der Waals surface area contributed by atoms with E-state index in [-0.39, 0.29) is 30.1 Å². The highest BCUT2D eigenvalue weighted by atomic mass is 127. The third-order valence-electron chi connectivity index (χ3n) is 3.95. The van der Waals surface area contributed by atoms with Gasteiger partial charge in [-0.25, -0.2) is 4.98 Å². The fourth-order valence-electron chi connectivity index (χ4n) is 2.53. The molecule has 0 radical (unpaired) electrons. The van der Waals surface area contributed by atoms with Crippen molar-refractivity contribution < 1.29 is 9.47 Å². The van der Waals surface area contributed by atoms with Gasteiger partial charge in [-0.2, -0.15) is 0 Å². The Balaban J connectivity index is 0.00000338. The Hall–Kier alpha value is -1.13. The highest BCUT2D eigenvalue weighted by molar-refractivity contribution is 14.0. The van der Waals surface area contributed by atoms with Crippen molar-refractivity contribution in [1.29, 1.82) is 0 Å². The first-order valence-corrected chi connectivity index (χ1v) is 9.17. The number of hydrogen-bond donors (Lipinski definition) is 3. The maximum absolute atomic E-state index is 5.74. The van der Waals surface area contributed by atoms with E-state index in [0.29, 0.717) is 0 Å². The monoisotopic (exact) mass is 477 g/mol. The number of nitrogens with one attached hydrogen (secondary N) is 3. The van der Waals surface area contributed by atoms with Gasteiger partial charge in [-0.05, 0) is 37.8 Å². The minimum Gasteiger partial charge on any atom is -0.379 e. The summed E-state index contributed by atoms with van der Waals surface area (Å²) in [5.74, 6) is 1.78. The summed E-state index contributed by atoms with van der Waals surface area (Å²) in [5, 5.41) is 9.96. The van der Waals surface area contributed by atoms with Crippen molar-refractivity contribution in [3.8, 4) is 0 Å². The molecule has 2 heterocycles. The summed E-state index contributed by atoms with van der Waals surface area (Å²) in [5.41, 5.74) is 0. The van der Waals surface area contributed by atoms with E-state index in [1.165, 1.54) is 0 Å². The highest BCUT2D eigenvalue weighted by Gasteiger charge is 2.15. The van der Waals surface area contributed by atoms with Crippen molar-refractivity contribution in [2.45, 2.75) is 31.8 Å². The average molecular weight is 477 g/mol. The number of anilines is 1. The predicted molar refractivity (Wildman–Crippen MR) is 117 cm³/mol. The Morgan fingerprint density at radius 2 is 2.04 bits per heavy atom. The average Bonchev–Trinajstić information content (AvgIpc) is 3.17. The molecule has 7 nitrogen and oxygen atoms in total. The third kappa shape index (κ3) is 10.1. The quantitative estimate of drug-likeness (QED) is 0.197. The number of pyridine rings is 1. The minimum atomic E-state index is 0. The maximum Gasteiger partial charge on any atom is 0.190 e. The summed E-state index contributed by atoms with van der Waals surface area (Å²) in [6.07, 6.45) is 6.23. The fourth-order valence-corrected chi connectivity index (χ4v) is 2.53. The summed E-state index contributed by atoms with van der Waals surface area (Å²) in [6.45, 7) is 5.01. The fraction of sp³-hybridized carbons (Fsp3) is 0.667. The first kappa shape index (κ1) is 22.9. The van der Waals surface area contributed by atoms with Crippen LogP contribution in [0.3, 0.4) is 0 Å². The second kappa shape index (κ2) is 15.0. The van der Waals surface area contributed by atoms with Crippen LogP contribution in [0.2, 0.25) is 0 Å². The van der Waals surface area contributed by atoms with E-state index in [9.17, 15) is 0 Å². The summed E-state index contributed by atoms with van der Waals surface area (Å²) in [6, 6.07) is 5.88. The molecule has 1 unspecified atom stereocenters. The van der Waals surface area contributed by atoms with Gasteiger partial charge in [0.15, 0.2) is 5.96 Å². The lowest BCUT2D eigenvalue weighted by molar-refractivity contribution is 0.0420. The van der Waals surface area contributed by atoms with E-state index in [0.717, 1.165) is 76.9 Å². The Morgan fingerprint density at radius 1 is 1.23 bits per heavy atom. The number of rotatable bonds is 11. The largest absolute Gasteiger partial charge is 0.379 e. The molecule has 0 bridgehead atoms. The number of ether oxygens (including phenoxy) is 2. The zero-order valence-corrected chi connectivity index (χ0v) is 17.9. The lowest BCUT2D eigenvalue weighted by atomic mass is 10.3. The van der Waals surface area contributed by atoms with Gasteiger partial charge >= 0.3 is 0 Å². The van der Waals surface area contributed by atoms with Crippen LogP contribution in [-0.4, -0.2) is 63.6 Å². The van der Waals surface area contributed by atoms with Crippen LogP contribution in [0.4, 0.5) is 5.82 Å². The third-order valence-corrected chi connectivity index (χ3v) is 3.95. The number of nitrogens with zero attached hydrogens (tertiary/aromatic N) is 2. The Kier molecular flexibility index (Phi) is 13.2. The summed E-state index contributed by atoms with van der Waals surface area (Å²) >= 11 is 0. The number of hydrogen-bond acceptors (Lipinski definition) is 5. The van der Waals surface area contributed by atoms with Gasteiger partial charge in [-0.1, -0.05) is 6.07 Å². The molecule has 1 fully saturated rings. The Morgan fingerprint density at radius 3 is 2.73 bits per heavy atom. The molecular formula is C18H32IN5O2. The Labute approximate surface area is 173 Å². The van der Waals surface area contributed by atoms with Gasteiger partial charge in [-0.15, -0.1) is 24.0 Å². The molecule has 1 aromatic heterocycles. The lowest BCUT2D eigenvalue weighted by Gasteiger charge is -2.13. The number of guanidine groups is 1. The van der Waals surface area contributed by atoms with E-state index < -0.39 is 0 Å². The minimum absolute atomic E-state index is 0. The predicted octanol–water partition coefficient (Wildman–Crippen LogP) is 2.25. The first-order valence-electron chi connectivity index (χ1n) is 9.17. The SMILES string of the molecule is CN=C(NCCCCNc1ccccn1)NCCCOC1CCOC1.I. The van der Waals surface area contributed by atoms with Crippen LogP contribution in [0, 0.1) is 0 Å². The van der Waals surface area contributed by atoms with Gasteiger partial charge in [0.1, 0.15) is 5.82 Å². The van der Waals surface area contributed by atoms with Crippen LogP contribution >= 0.6 is 24.0 Å². The van der Waals surface area contributed by atoms with Crippen LogP contribution in [0.5, 0.6) is 0 Å². The summed E-state index contributed by atoms with van der Waals surface area (Å²) in [4.78, 5) is 8.48. The molecule has 148 valence electrons. The van der Waals surface area contributed by atoms with Gasteiger partial charge in [-0.3, -0.25) is 4.99 Å². The molecule has 1 aliphatic rings. The van der Waals surface area contributed by atoms with Crippen molar-refractivity contribution in [2.75, 3.05) is 51.8 Å². The highest BCUT2D eigenvalue weighted by Crippen LogP contribution is 2.07. The molecule has 0 aromatic carbocycles. The smallest absolute Gasteiger partial charge is 0.190 e. The van der Waals surface area contributed by atoms with Gasteiger partial charge in [0.05, 0.1) is 12.7 Å². The molecule has 1 saturated heterocycles. The van der Waals surface area contributed by atoms with Crippen LogP contribution in [-0.2, 0) is 9.47 Å². The van der Waals surface area contributed by atoms with E-state index in [1.54, 1.807) is 13.2 Å². The van der Waals surface area contributed by atoms with Crippen molar-refractivity contribution >= 4 is 35.8 Å². The molecule has 1 aromatic rings. The molecule has 0 spiro atoms. The topological polar surface area (TPSA) is 79.8 Å². The van der Waals surface area contributed by atoms with Gasteiger partial charge in [0, 0.05) is 46.1 Å². The van der Waals surface area contributed by atoms with Crippen molar-refractivity contribution in [1.82, 2.24) is 15.6 Å². The first-order chi connectivity index (χ1) is 12.4. The van der Waals surface area contributed by atoms with Crippen LogP contribution in [0.25, 0.3) is 0 Å². The van der Waals surface area contributed by atoms with Crippen molar-refractivity contribution in [3.63, 3.8) is 0 Å². The van der Waals surface area contributed by atoms with Crippen LogP contribution in [0.15, 0.2) is 29.4 Å². The second-order valence-electron chi connectivity index (χ2n) is 5.98. The zero-order valence-electron chi connectivity index (χ0n) is 15.6. The maximum atomic E-state index is 5.74. The molecule has 8 heteroatoms. The van der Waals surface area contributed by atoms with E-state index in [2.05, 4.69) is 25.9 Å². The molecule has 2 rings (SSSR count). The molecule has 0 aliphatic carbocycles. The molecule has 1 aliphatic heterocycles. The van der Waals surface area contributed by atoms with Gasteiger partial charge < -0.3 is 25.4 Å². The van der Waals surface area contributed by atoms with Crippen LogP contribution < -0.4 is 16.0 Å². The number of aliphatic imine (C=N–C) groups is 1. The van der Waals surface area contributed by atoms with E-state index in [4.69, 9.17) is 9.47 Å². The zero-order chi connectivity index (χ0) is 17.6. The molecule has 0 amide bonds. The van der Waals surface area contributed by atoms with E-state index >= 15 is 0 Å². The summed E-state index contributed by atoms with van der Waals surface area (Å²) in [7, 11) is 1.80. The number of unbranched alkanes of at least 4 members (excludes halogenated alkanes) is 1. The number of halogens is 1. The number of aromatic nitrogens is 1. The van der Waals surface area contributed by atoms with Gasteiger partial charge in [0.25, 0.3) is 0 Å². The van der Waals surface area contributed by atoms with Crippen LogP contribution in [0.1, 0.15) is 25.7 Å².